The van der Waals surface area contributed by atoms with Crippen LogP contribution in [0.15, 0.2) is 29.2 Å². The van der Waals surface area contributed by atoms with E-state index in [9.17, 15) is 8.42 Å². The zero-order valence-electron chi connectivity index (χ0n) is 12.5. The van der Waals surface area contributed by atoms with E-state index in [1.54, 1.807) is 28.6 Å². The van der Waals surface area contributed by atoms with Crippen LogP contribution in [-0.2, 0) is 10.0 Å². The number of hydrogen-bond acceptors (Lipinski definition) is 3. The molecule has 1 aromatic carbocycles. The highest BCUT2D eigenvalue weighted by atomic mass is 35.5. The average Bonchev–Trinajstić information content (AvgIpc) is 2.45. The molecule has 1 aliphatic heterocycles. The van der Waals surface area contributed by atoms with Gasteiger partial charge < -0.3 is 5.32 Å². The van der Waals surface area contributed by atoms with Crippen molar-refractivity contribution in [1.29, 1.82) is 0 Å². The summed E-state index contributed by atoms with van der Waals surface area (Å²) in [6, 6.07) is 6.57. The van der Waals surface area contributed by atoms with Gasteiger partial charge in [-0.3, -0.25) is 0 Å². The number of sulfonamides is 1. The molecule has 1 saturated heterocycles. The fraction of sp³-hybridized carbons (Fsp3) is 0.600. The number of nitrogens with one attached hydrogen (secondary N) is 1. The van der Waals surface area contributed by atoms with Crippen molar-refractivity contribution in [2.75, 3.05) is 19.6 Å². The first-order valence-corrected chi connectivity index (χ1v) is 9.22. The first-order chi connectivity index (χ1) is 9.93. The van der Waals surface area contributed by atoms with E-state index < -0.39 is 10.0 Å². The van der Waals surface area contributed by atoms with Crippen LogP contribution < -0.4 is 5.32 Å². The van der Waals surface area contributed by atoms with E-state index in [-0.39, 0.29) is 16.0 Å². The molecule has 0 amide bonds. The fourth-order valence-corrected chi connectivity index (χ4v) is 4.89. The van der Waals surface area contributed by atoms with Gasteiger partial charge in [-0.15, -0.1) is 0 Å². The molecule has 1 aromatic rings. The van der Waals surface area contributed by atoms with E-state index in [2.05, 4.69) is 5.32 Å². The second-order valence-electron chi connectivity index (χ2n) is 5.79. The van der Waals surface area contributed by atoms with Gasteiger partial charge >= 0.3 is 0 Å². The highest BCUT2D eigenvalue weighted by molar-refractivity contribution is 7.89. The number of piperidine rings is 1. The van der Waals surface area contributed by atoms with Crippen LogP contribution in [0.5, 0.6) is 0 Å². The second-order valence-corrected chi connectivity index (χ2v) is 8.06. The Labute approximate surface area is 132 Å². The average molecular weight is 331 g/mol. The minimum atomic E-state index is -3.55. The lowest BCUT2D eigenvalue weighted by molar-refractivity contribution is 0.261. The molecule has 0 unspecified atom stereocenters. The molecule has 0 aliphatic carbocycles. The van der Waals surface area contributed by atoms with Crippen LogP contribution >= 0.6 is 11.6 Å². The van der Waals surface area contributed by atoms with E-state index in [0.29, 0.717) is 12.5 Å². The Kier molecular flexibility index (Phi) is 5.66. The van der Waals surface area contributed by atoms with Crippen LogP contribution in [0.25, 0.3) is 0 Å². The van der Waals surface area contributed by atoms with E-state index >= 15 is 0 Å². The number of hydrogen-bond donors (Lipinski definition) is 1. The van der Waals surface area contributed by atoms with Gasteiger partial charge in [-0.1, -0.05) is 23.7 Å². The van der Waals surface area contributed by atoms with Crippen molar-refractivity contribution >= 4 is 21.6 Å². The zero-order chi connectivity index (χ0) is 15.5. The summed E-state index contributed by atoms with van der Waals surface area (Å²) in [6.45, 7) is 6.31. The highest BCUT2D eigenvalue weighted by Crippen LogP contribution is 2.27. The van der Waals surface area contributed by atoms with Crippen molar-refractivity contribution in [3.8, 4) is 0 Å². The fourth-order valence-electron chi connectivity index (χ4n) is 2.69. The first kappa shape index (κ1) is 16.7. The van der Waals surface area contributed by atoms with Crippen LogP contribution in [0.3, 0.4) is 0 Å². The number of benzene rings is 1. The van der Waals surface area contributed by atoms with E-state index in [1.165, 1.54) is 0 Å². The Balaban J connectivity index is 2.26. The van der Waals surface area contributed by atoms with Gasteiger partial charge in [0.2, 0.25) is 10.0 Å². The quantitative estimate of drug-likeness (QED) is 0.903. The van der Waals surface area contributed by atoms with Crippen molar-refractivity contribution in [2.45, 2.75) is 37.6 Å². The summed E-state index contributed by atoms with van der Waals surface area (Å²) in [7, 11) is -3.55. The molecule has 0 radical (unpaired) electrons. The van der Waals surface area contributed by atoms with Crippen LogP contribution in [0.2, 0.25) is 5.02 Å². The molecule has 2 rings (SSSR count). The van der Waals surface area contributed by atoms with Crippen LogP contribution in [-0.4, -0.2) is 38.4 Å². The van der Waals surface area contributed by atoms with Crippen LogP contribution in [0.1, 0.15) is 26.7 Å². The molecule has 1 heterocycles. The van der Waals surface area contributed by atoms with Gasteiger partial charge in [0.05, 0.1) is 5.02 Å². The lowest BCUT2D eigenvalue weighted by Gasteiger charge is -2.32. The minimum absolute atomic E-state index is 0.0823. The molecule has 1 aliphatic rings. The molecule has 6 heteroatoms. The first-order valence-electron chi connectivity index (χ1n) is 7.40. The minimum Gasteiger partial charge on any atom is -0.317 e. The standard InChI is InChI=1S/C15H23ClN2O2S/c1-12(2)18(11-13-7-9-17-10-8-13)21(19,20)15-6-4-3-5-14(15)16/h3-6,12-13,17H,7-11H2,1-2H3. The second kappa shape index (κ2) is 7.09. The molecule has 1 N–H and O–H groups in total. The Bertz CT molecular complexity index is 569. The summed E-state index contributed by atoms with van der Waals surface area (Å²) in [5.74, 6) is 0.408. The van der Waals surface area contributed by atoms with Crippen LogP contribution in [0.4, 0.5) is 0 Å². The lowest BCUT2D eigenvalue weighted by atomic mass is 9.98. The Morgan fingerprint density at radius 1 is 1.29 bits per heavy atom. The topological polar surface area (TPSA) is 49.4 Å². The molecule has 0 bridgehead atoms. The molecule has 1 fully saturated rings. The molecular weight excluding hydrogens is 308 g/mol. The van der Waals surface area contributed by atoms with E-state index in [0.717, 1.165) is 25.9 Å². The van der Waals surface area contributed by atoms with E-state index in [4.69, 9.17) is 11.6 Å². The summed E-state index contributed by atoms with van der Waals surface area (Å²) < 4.78 is 27.4. The molecule has 4 nitrogen and oxygen atoms in total. The summed E-state index contributed by atoms with van der Waals surface area (Å²) in [5.41, 5.74) is 0. The summed E-state index contributed by atoms with van der Waals surface area (Å²) >= 11 is 6.08. The summed E-state index contributed by atoms with van der Waals surface area (Å²) in [5, 5.41) is 3.59. The molecule has 0 saturated carbocycles. The van der Waals surface area contributed by atoms with Gasteiger partial charge in [0.1, 0.15) is 4.90 Å². The van der Waals surface area contributed by atoms with Crippen molar-refractivity contribution in [3.05, 3.63) is 29.3 Å². The van der Waals surface area contributed by atoms with Gasteiger partial charge in [0.15, 0.2) is 0 Å². The number of rotatable bonds is 5. The third kappa shape index (κ3) is 3.97. The maximum Gasteiger partial charge on any atom is 0.244 e. The number of nitrogens with zero attached hydrogens (tertiary/aromatic N) is 1. The molecular formula is C15H23ClN2O2S. The van der Waals surface area contributed by atoms with Crippen molar-refractivity contribution in [1.82, 2.24) is 9.62 Å². The van der Waals surface area contributed by atoms with Crippen LogP contribution in [0, 0.1) is 5.92 Å². The molecule has 118 valence electrons. The predicted molar refractivity (Wildman–Crippen MR) is 86.1 cm³/mol. The van der Waals surface area contributed by atoms with Gasteiger partial charge in [0.25, 0.3) is 0 Å². The van der Waals surface area contributed by atoms with E-state index in [1.807, 2.05) is 13.8 Å². The van der Waals surface area contributed by atoms with Gasteiger partial charge in [-0.2, -0.15) is 4.31 Å². The number of halogens is 1. The van der Waals surface area contributed by atoms with Gasteiger partial charge in [-0.25, -0.2) is 8.42 Å². The van der Waals surface area contributed by atoms with Gasteiger partial charge in [0, 0.05) is 12.6 Å². The monoisotopic (exact) mass is 330 g/mol. The Morgan fingerprint density at radius 3 is 2.48 bits per heavy atom. The SMILES string of the molecule is CC(C)N(CC1CCNCC1)S(=O)(=O)c1ccccc1Cl. The smallest absolute Gasteiger partial charge is 0.244 e. The Hall–Kier alpha value is -0.620. The molecule has 0 aromatic heterocycles. The Morgan fingerprint density at radius 2 is 1.90 bits per heavy atom. The van der Waals surface area contributed by atoms with Gasteiger partial charge in [-0.05, 0) is 57.8 Å². The largest absolute Gasteiger partial charge is 0.317 e. The molecule has 21 heavy (non-hydrogen) atoms. The van der Waals surface area contributed by atoms with Crippen molar-refractivity contribution in [2.24, 2.45) is 5.92 Å². The highest BCUT2D eigenvalue weighted by Gasteiger charge is 2.31. The predicted octanol–water partition coefficient (Wildman–Crippen LogP) is 2.74. The maximum absolute atomic E-state index is 12.9. The molecule has 0 atom stereocenters. The lowest BCUT2D eigenvalue weighted by Crippen LogP contribution is -2.42. The normalized spacial score (nSPS) is 17.6. The summed E-state index contributed by atoms with van der Waals surface area (Å²) in [6.07, 6.45) is 2.03. The third-order valence-corrected chi connectivity index (χ3v) is 6.44. The summed E-state index contributed by atoms with van der Waals surface area (Å²) in [4.78, 5) is 0.203. The van der Waals surface area contributed by atoms with Crippen molar-refractivity contribution in [3.63, 3.8) is 0 Å². The third-order valence-electron chi connectivity index (χ3n) is 3.90. The molecule has 0 spiro atoms. The maximum atomic E-state index is 12.9. The van der Waals surface area contributed by atoms with Crippen molar-refractivity contribution < 1.29 is 8.42 Å². The zero-order valence-corrected chi connectivity index (χ0v) is 14.1.